The van der Waals surface area contributed by atoms with Crippen LogP contribution in [0.3, 0.4) is 0 Å². The van der Waals surface area contributed by atoms with Gasteiger partial charge in [-0.05, 0) is 25.8 Å². The molecule has 2 unspecified atom stereocenters. The van der Waals surface area contributed by atoms with Gasteiger partial charge in [-0.3, -0.25) is 0 Å². The molecular formula is C13H19N3O. The number of hydrogen-bond acceptors (Lipinski definition) is 4. The summed E-state index contributed by atoms with van der Waals surface area (Å²) >= 11 is 0. The molecule has 0 saturated carbocycles. The minimum atomic E-state index is 0.0270. The van der Waals surface area contributed by atoms with Crippen molar-refractivity contribution in [2.75, 3.05) is 18.0 Å². The van der Waals surface area contributed by atoms with Crippen LogP contribution >= 0.6 is 0 Å². The van der Waals surface area contributed by atoms with Crippen LogP contribution in [0.4, 0.5) is 5.82 Å². The second kappa shape index (κ2) is 4.27. The fourth-order valence-electron chi connectivity index (χ4n) is 2.82. The average Bonchev–Trinajstić information content (AvgIpc) is 2.68. The molecule has 3 rings (SSSR count). The molecule has 0 aliphatic carbocycles. The third-order valence-electron chi connectivity index (χ3n) is 3.65. The van der Waals surface area contributed by atoms with Crippen LogP contribution in [0, 0.1) is 0 Å². The highest BCUT2D eigenvalue weighted by molar-refractivity contribution is 5.49. The topological polar surface area (TPSA) is 51.4 Å². The van der Waals surface area contributed by atoms with Crippen molar-refractivity contribution >= 4 is 5.82 Å². The van der Waals surface area contributed by atoms with E-state index in [2.05, 4.69) is 16.0 Å². The van der Waals surface area contributed by atoms with Crippen LogP contribution in [-0.4, -0.2) is 30.3 Å². The second-order valence-corrected chi connectivity index (χ2v) is 5.07. The molecule has 2 aliphatic heterocycles. The van der Waals surface area contributed by atoms with Gasteiger partial charge in [0.05, 0.1) is 12.2 Å². The van der Waals surface area contributed by atoms with E-state index in [1.807, 2.05) is 19.2 Å². The maximum absolute atomic E-state index is 6.01. The lowest BCUT2D eigenvalue weighted by molar-refractivity contribution is 0.0301. The molecular weight excluding hydrogens is 214 g/mol. The zero-order valence-electron chi connectivity index (χ0n) is 10.2. The molecule has 2 bridgehead atoms. The summed E-state index contributed by atoms with van der Waals surface area (Å²) in [6.45, 7) is 3.91. The number of hydrogen-bond donors (Lipinski definition) is 1. The van der Waals surface area contributed by atoms with Crippen LogP contribution in [0.2, 0.25) is 0 Å². The summed E-state index contributed by atoms with van der Waals surface area (Å²) in [6, 6.07) is 4.06. The van der Waals surface area contributed by atoms with Crippen molar-refractivity contribution in [3.05, 3.63) is 23.9 Å². The molecule has 92 valence electrons. The molecule has 3 heterocycles. The van der Waals surface area contributed by atoms with Gasteiger partial charge in [0.25, 0.3) is 0 Å². The van der Waals surface area contributed by atoms with Gasteiger partial charge in [-0.2, -0.15) is 0 Å². The minimum Gasteiger partial charge on any atom is -0.371 e. The van der Waals surface area contributed by atoms with Crippen molar-refractivity contribution in [3.8, 4) is 0 Å². The van der Waals surface area contributed by atoms with Gasteiger partial charge in [0.1, 0.15) is 5.82 Å². The van der Waals surface area contributed by atoms with E-state index in [0.29, 0.717) is 12.2 Å². The van der Waals surface area contributed by atoms with Gasteiger partial charge in [-0.15, -0.1) is 0 Å². The predicted molar refractivity (Wildman–Crippen MR) is 66.9 cm³/mol. The number of fused-ring (bicyclic) bond motifs is 2. The Bertz CT molecular complexity index is 395. The van der Waals surface area contributed by atoms with Crippen molar-refractivity contribution in [2.24, 2.45) is 5.73 Å². The molecule has 17 heavy (non-hydrogen) atoms. The summed E-state index contributed by atoms with van der Waals surface area (Å²) < 4.78 is 5.85. The fraction of sp³-hybridized carbons (Fsp3) is 0.615. The SMILES string of the molecule is C[C@H](N)c1cccnc1N1CC2CCC(C1)O2. The molecule has 3 atom stereocenters. The highest BCUT2D eigenvalue weighted by Crippen LogP contribution is 2.31. The Morgan fingerprint density at radius 3 is 2.76 bits per heavy atom. The first kappa shape index (κ1) is 11.0. The van der Waals surface area contributed by atoms with Gasteiger partial charge < -0.3 is 15.4 Å². The summed E-state index contributed by atoms with van der Waals surface area (Å²) in [5, 5.41) is 0. The lowest BCUT2D eigenvalue weighted by Crippen LogP contribution is -2.43. The van der Waals surface area contributed by atoms with Crippen LogP contribution in [-0.2, 0) is 4.74 Å². The molecule has 0 aromatic carbocycles. The predicted octanol–water partition coefficient (Wildman–Crippen LogP) is 1.47. The van der Waals surface area contributed by atoms with E-state index >= 15 is 0 Å². The van der Waals surface area contributed by atoms with E-state index in [9.17, 15) is 0 Å². The highest BCUT2D eigenvalue weighted by atomic mass is 16.5. The Labute approximate surface area is 102 Å². The summed E-state index contributed by atoms with van der Waals surface area (Å²) in [5.74, 6) is 1.04. The normalized spacial score (nSPS) is 29.4. The molecule has 4 nitrogen and oxygen atoms in total. The number of nitrogens with two attached hydrogens (primary N) is 1. The van der Waals surface area contributed by atoms with Crippen LogP contribution in [0.5, 0.6) is 0 Å². The third kappa shape index (κ3) is 2.03. The maximum atomic E-state index is 6.01. The number of ether oxygens (including phenoxy) is 1. The molecule has 2 N–H and O–H groups in total. The number of anilines is 1. The van der Waals surface area contributed by atoms with E-state index in [1.165, 1.54) is 12.8 Å². The van der Waals surface area contributed by atoms with Gasteiger partial charge >= 0.3 is 0 Å². The Kier molecular flexibility index (Phi) is 2.76. The first-order valence-corrected chi connectivity index (χ1v) is 6.35. The van der Waals surface area contributed by atoms with Crippen molar-refractivity contribution in [2.45, 2.75) is 38.0 Å². The van der Waals surface area contributed by atoms with Crippen LogP contribution < -0.4 is 10.6 Å². The Hall–Kier alpha value is -1.13. The zero-order valence-corrected chi connectivity index (χ0v) is 10.2. The fourth-order valence-corrected chi connectivity index (χ4v) is 2.82. The van der Waals surface area contributed by atoms with Crippen molar-refractivity contribution < 1.29 is 4.74 Å². The Morgan fingerprint density at radius 2 is 2.12 bits per heavy atom. The number of pyridine rings is 1. The molecule has 2 fully saturated rings. The van der Waals surface area contributed by atoms with Crippen LogP contribution in [0.25, 0.3) is 0 Å². The first-order chi connectivity index (χ1) is 8.24. The van der Waals surface area contributed by atoms with Gasteiger partial charge in [0.2, 0.25) is 0 Å². The minimum absolute atomic E-state index is 0.0270. The molecule has 2 aliphatic rings. The number of aromatic nitrogens is 1. The molecule has 0 spiro atoms. The van der Waals surface area contributed by atoms with Crippen molar-refractivity contribution in [1.29, 1.82) is 0 Å². The van der Waals surface area contributed by atoms with E-state index in [0.717, 1.165) is 24.5 Å². The monoisotopic (exact) mass is 233 g/mol. The maximum Gasteiger partial charge on any atom is 0.133 e. The van der Waals surface area contributed by atoms with E-state index in [-0.39, 0.29) is 6.04 Å². The number of nitrogens with zero attached hydrogens (tertiary/aromatic N) is 2. The van der Waals surface area contributed by atoms with Gasteiger partial charge in [0.15, 0.2) is 0 Å². The van der Waals surface area contributed by atoms with Gasteiger partial charge in [0, 0.05) is 30.9 Å². The van der Waals surface area contributed by atoms with E-state index in [1.54, 1.807) is 0 Å². The number of rotatable bonds is 2. The average molecular weight is 233 g/mol. The van der Waals surface area contributed by atoms with Gasteiger partial charge in [-0.1, -0.05) is 6.07 Å². The molecule has 1 aromatic heterocycles. The lowest BCUT2D eigenvalue weighted by Gasteiger charge is -2.34. The summed E-state index contributed by atoms with van der Waals surface area (Å²) in [5.41, 5.74) is 7.14. The van der Waals surface area contributed by atoms with Crippen LogP contribution in [0.15, 0.2) is 18.3 Å². The molecule has 2 saturated heterocycles. The smallest absolute Gasteiger partial charge is 0.133 e. The largest absolute Gasteiger partial charge is 0.371 e. The zero-order chi connectivity index (χ0) is 11.8. The number of morpholine rings is 1. The van der Waals surface area contributed by atoms with E-state index < -0.39 is 0 Å². The van der Waals surface area contributed by atoms with Crippen LogP contribution in [0.1, 0.15) is 31.4 Å². The first-order valence-electron chi connectivity index (χ1n) is 6.35. The quantitative estimate of drug-likeness (QED) is 0.840. The standard InChI is InChI=1S/C13H19N3O/c1-9(14)12-3-2-6-15-13(12)16-7-10-4-5-11(8-16)17-10/h2-3,6,9-11H,4-5,7-8,14H2,1H3/t9-,10?,11?/m0/s1. The van der Waals surface area contributed by atoms with Gasteiger partial charge in [-0.25, -0.2) is 4.98 Å². The van der Waals surface area contributed by atoms with Crippen molar-refractivity contribution in [1.82, 2.24) is 4.98 Å². The summed E-state index contributed by atoms with van der Waals surface area (Å²) in [4.78, 5) is 6.85. The summed E-state index contributed by atoms with van der Waals surface area (Å²) in [7, 11) is 0. The summed E-state index contributed by atoms with van der Waals surface area (Å²) in [6.07, 6.45) is 4.98. The second-order valence-electron chi connectivity index (χ2n) is 5.07. The molecule has 1 aromatic rings. The third-order valence-corrected chi connectivity index (χ3v) is 3.65. The van der Waals surface area contributed by atoms with Crippen molar-refractivity contribution in [3.63, 3.8) is 0 Å². The highest BCUT2D eigenvalue weighted by Gasteiger charge is 2.34. The molecule has 0 amide bonds. The lowest BCUT2D eigenvalue weighted by atomic mass is 10.1. The molecule has 4 heteroatoms. The Balaban J connectivity index is 1.88. The Morgan fingerprint density at radius 1 is 1.41 bits per heavy atom. The van der Waals surface area contributed by atoms with E-state index in [4.69, 9.17) is 10.5 Å². The molecule has 0 radical (unpaired) electrons.